The van der Waals surface area contributed by atoms with Crippen molar-refractivity contribution >= 4 is 80.0 Å². The van der Waals surface area contributed by atoms with Gasteiger partial charge in [0.05, 0.1) is 12.7 Å². The van der Waals surface area contributed by atoms with Crippen molar-refractivity contribution in [3.8, 4) is 5.75 Å². The number of hydrogen-bond acceptors (Lipinski definition) is 3. The zero-order valence-corrected chi connectivity index (χ0v) is 16.4. The van der Waals surface area contributed by atoms with Gasteiger partial charge in [0.1, 0.15) is 6.29 Å². The second-order valence-corrected chi connectivity index (χ2v) is 7.40. The molecule has 2 rings (SSSR count). The monoisotopic (exact) mass is 604 g/mol. The quantitative estimate of drug-likeness (QED) is 0.224. The van der Waals surface area contributed by atoms with Crippen LogP contribution >= 0.6 is 67.8 Å². The van der Waals surface area contributed by atoms with E-state index < -0.39 is 5.97 Å². The highest BCUT2D eigenvalue weighted by Crippen LogP contribution is 2.30. The fourth-order valence-electron chi connectivity index (χ4n) is 1.48. The van der Waals surface area contributed by atoms with Crippen LogP contribution in [0, 0.1) is 10.7 Å². The van der Waals surface area contributed by atoms with Gasteiger partial charge < -0.3 is 4.74 Å². The van der Waals surface area contributed by atoms with Crippen LogP contribution in [0.3, 0.4) is 0 Å². The maximum absolute atomic E-state index is 12.1. The number of rotatable bonds is 3. The predicted octanol–water partition coefficient (Wildman–Crippen LogP) is 4.53. The number of aldehydes is 1. The summed E-state index contributed by atoms with van der Waals surface area (Å²) < 4.78 is 8.31. The summed E-state index contributed by atoms with van der Waals surface area (Å²) in [7, 11) is 0. The van der Waals surface area contributed by atoms with Crippen molar-refractivity contribution in [3.63, 3.8) is 0 Å². The lowest BCUT2D eigenvalue weighted by molar-refractivity contribution is 0.0731. The minimum atomic E-state index is -0.431. The second kappa shape index (κ2) is 7.16. The molecule has 0 aliphatic carbocycles. The van der Waals surface area contributed by atoms with Crippen LogP contribution in [0.1, 0.15) is 20.7 Å². The van der Waals surface area contributed by atoms with Crippen LogP contribution in [0.5, 0.6) is 5.75 Å². The fourth-order valence-corrected chi connectivity index (χ4v) is 5.28. The Morgan fingerprint density at radius 3 is 2.05 bits per heavy atom. The summed E-state index contributed by atoms with van der Waals surface area (Å²) >= 11 is 6.50. The molecular formula is C14H7I3O3. The lowest BCUT2D eigenvalue weighted by Gasteiger charge is -2.09. The van der Waals surface area contributed by atoms with E-state index in [-0.39, 0.29) is 0 Å². The van der Waals surface area contributed by atoms with Gasteiger partial charge in [0.25, 0.3) is 0 Å². The largest absolute Gasteiger partial charge is 0.421 e. The van der Waals surface area contributed by atoms with Gasteiger partial charge >= 0.3 is 5.97 Å². The van der Waals surface area contributed by atoms with Gasteiger partial charge in [0.2, 0.25) is 0 Å². The molecule has 0 saturated carbocycles. The summed E-state index contributed by atoms with van der Waals surface area (Å²) in [6, 6.07) is 10.2. The summed E-state index contributed by atoms with van der Waals surface area (Å²) in [5.41, 5.74) is 0.945. The van der Waals surface area contributed by atoms with Gasteiger partial charge in [-0.15, -0.1) is 0 Å². The van der Waals surface area contributed by atoms with Gasteiger partial charge in [-0.25, -0.2) is 4.79 Å². The highest BCUT2D eigenvalue weighted by Gasteiger charge is 2.14. The van der Waals surface area contributed by atoms with Gasteiger partial charge in [-0.3, -0.25) is 4.79 Å². The predicted molar refractivity (Wildman–Crippen MR) is 101 cm³/mol. The molecule has 0 bridgehead atoms. The molecule has 0 aliphatic rings. The van der Waals surface area contributed by atoms with Crippen molar-refractivity contribution < 1.29 is 14.3 Å². The molecule has 0 amide bonds. The molecule has 6 heteroatoms. The van der Waals surface area contributed by atoms with Crippen LogP contribution < -0.4 is 4.74 Å². The number of hydrogen-bond donors (Lipinski definition) is 0. The Kier molecular flexibility index (Phi) is 5.78. The van der Waals surface area contributed by atoms with E-state index in [4.69, 9.17) is 4.74 Å². The number of carbonyl (C=O) groups excluding carboxylic acids is 2. The first-order valence-electron chi connectivity index (χ1n) is 5.43. The van der Waals surface area contributed by atoms with Gasteiger partial charge in [-0.05, 0) is 92.0 Å². The Hall–Kier alpha value is -0.230. The number of benzene rings is 2. The number of esters is 1. The summed E-state index contributed by atoms with van der Waals surface area (Å²) in [6.45, 7) is 0. The number of ether oxygens (including phenoxy) is 1. The number of carbonyl (C=O) groups is 2. The van der Waals surface area contributed by atoms with Crippen LogP contribution in [-0.4, -0.2) is 12.3 Å². The van der Waals surface area contributed by atoms with E-state index in [1.807, 2.05) is 12.1 Å². The molecule has 20 heavy (non-hydrogen) atoms. The van der Waals surface area contributed by atoms with E-state index >= 15 is 0 Å². The maximum atomic E-state index is 12.1. The molecule has 0 N–H and O–H groups in total. The Morgan fingerprint density at radius 2 is 1.55 bits per heavy atom. The van der Waals surface area contributed by atoms with Crippen LogP contribution in [0.25, 0.3) is 0 Å². The lowest BCUT2D eigenvalue weighted by Crippen LogP contribution is -2.10. The molecule has 0 saturated heterocycles. The zero-order valence-electron chi connectivity index (χ0n) is 9.90. The van der Waals surface area contributed by atoms with Crippen LogP contribution in [0.4, 0.5) is 0 Å². The fraction of sp³-hybridized carbons (Fsp3) is 0. The molecular weight excluding hydrogens is 597 g/mol. The van der Waals surface area contributed by atoms with Crippen molar-refractivity contribution in [2.24, 2.45) is 0 Å². The Labute approximate surface area is 156 Å². The average molecular weight is 604 g/mol. The van der Waals surface area contributed by atoms with Crippen LogP contribution in [0.2, 0.25) is 0 Å². The first kappa shape index (κ1) is 16.1. The van der Waals surface area contributed by atoms with Gasteiger partial charge in [0.15, 0.2) is 5.75 Å². The summed E-state index contributed by atoms with van der Waals surface area (Å²) in [5.74, 6) is 0.135. The van der Waals surface area contributed by atoms with Crippen LogP contribution in [-0.2, 0) is 0 Å². The summed E-state index contributed by atoms with van der Waals surface area (Å²) in [5, 5.41) is 0. The third-order valence-electron chi connectivity index (χ3n) is 2.44. The minimum absolute atomic E-state index is 0.417. The zero-order chi connectivity index (χ0) is 14.7. The first-order valence-corrected chi connectivity index (χ1v) is 8.67. The molecule has 2 aromatic rings. The molecule has 0 heterocycles. The van der Waals surface area contributed by atoms with E-state index in [9.17, 15) is 9.59 Å². The Balaban J connectivity index is 2.25. The molecule has 0 fully saturated rings. The topological polar surface area (TPSA) is 43.4 Å². The third kappa shape index (κ3) is 3.91. The summed E-state index contributed by atoms with van der Waals surface area (Å²) in [6.07, 6.45) is 0.736. The van der Waals surface area contributed by atoms with E-state index in [1.165, 1.54) is 0 Å². The molecule has 0 radical (unpaired) electrons. The van der Waals surface area contributed by atoms with Crippen LogP contribution in [0.15, 0.2) is 36.4 Å². The average Bonchev–Trinajstić information content (AvgIpc) is 2.42. The smallest absolute Gasteiger partial charge is 0.343 e. The third-order valence-corrected chi connectivity index (χ3v) is 4.67. The highest BCUT2D eigenvalue weighted by molar-refractivity contribution is 14.1. The van der Waals surface area contributed by atoms with E-state index in [1.54, 1.807) is 24.3 Å². The maximum Gasteiger partial charge on any atom is 0.343 e. The standard InChI is InChI=1S/C14H7I3O3/c15-10-5-11(16)13(12(17)6-10)20-14(19)9-3-1-8(7-18)2-4-9/h1-7H. The first-order chi connectivity index (χ1) is 9.51. The van der Waals surface area contributed by atoms with Crippen molar-refractivity contribution in [2.75, 3.05) is 0 Å². The molecule has 0 aromatic heterocycles. The molecule has 102 valence electrons. The van der Waals surface area contributed by atoms with Crippen molar-refractivity contribution in [3.05, 3.63) is 58.2 Å². The number of halogens is 3. The van der Waals surface area contributed by atoms with Gasteiger partial charge in [-0.2, -0.15) is 0 Å². The Morgan fingerprint density at radius 1 is 1.00 bits per heavy atom. The lowest BCUT2D eigenvalue weighted by atomic mass is 10.1. The second-order valence-electron chi connectivity index (χ2n) is 3.83. The minimum Gasteiger partial charge on any atom is -0.421 e. The van der Waals surface area contributed by atoms with E-state index in [0.717, 1.165) is 17.0 Å². The van der Waals surface area contributed by atoms with Gasteiger partial charge in [0, 0.05) is 9.13 Å². The van der Waals surface area contributed by atoms with E-state index in [0.29, 0.717) is 16.9 Å². The molecule has 3 nitrogen and oxygen atoms in total. The van der Waals surface area contributed by atoms with E-state index in [2.05, 4.69) is 67.8 Å². The molecule has 0 atom stereocenters. The molecule has 0 unspecified atom stereocenters. The van der Waals surface area contributed by atoms with Crippen molar-refractivity contribution in [2.45, 2.75) is 0 Å². The summed E-state index contributed by atoms with van der Waals surface area (Å²) in [4.78, 5) is 22.7. The molecule has 2 aromatic carbocycles. The Bertz CT molecular complexity index is 643. The normalized spacial score (nSPS) is 10.2. The van der Waals surface area contributed by atoms with Crippen molar-refractivity contribution in [1.29, 1.82) is 0 Å². The van der Waals surface area contributed by atoms with Crippen molar-refractivity contribution in [1.82, 2.24) is 0 Å². The molecule has 0 spiro atoms. The highest BCUT2D eigenvalue weighted by atomic mass is 127. The molecule has 0 aliphatic heterocycles. The SMILES string of the molecule is O=Cc1ccc(C(=O)Oc2c(I)cc(I)cc2I)cc1. The van der Waals surface area contributed by atoms with Gasteiger partial charge in [-0.1, -0.05) is 12.1 Å².